The molecule has 3 aromatic rings. The number of anilines is 2. The number of nitrogens with zero attached hydrogens (tertiary/aromatic N) is 2. The molecule has 130 valence electrons. The number of carbonyl (C=O) groups is 1. The Morgan fingerprint density at radius 1 is 1.28 bits per heavy atom. The van der Waals surface area contributed by atoms with Crippen molar-refractivity contribution in [1.82, 2.24) is 10.2 Å². The Bertz CT molecular complexity index is 855. The summed E-state index contributed by atoms with van der Waals surface area (Å²) in [7, 11) is 0. The summed E-state index contributed by atoms with van der Waals surface area (Å²) >= 11 is 2.47. The van der Waals surface area contributed by atoms with E-state index < -0.39 is 17.5 Å². The van der Waals surface area contributed by atoms with Crippen LogP contribution in [0.2, 0.25) is 0 Å². The van der Waals surface area contributed by atoms with Crippen LogP contribution in [0.1, 0.15) is 5.76 Å². The van der Waals surface area contributed by atoms with Crippen molar-refractivity contribution >= 4 is 39.8 Å². The highest BCUT2D eigenvalue weighted by molar-refractivity contribution is 8.01. The molecule has 25 heavy (non-hydrogen) atoms. The van der Waals surface area contributed by atoms with Gasteiger partial charge in [-0.25, -0.2) is 8.78 Å². The second kappa shape index (κ2) is 8.08. The molecule has 2 heterocycles. The van der Waals surface area contributed by atoms with Gasteiger partial charge >= 0.3 is 0 Å². The van der Waals surface area contributed by atoms with Gasteiger partial charge in [-0.1, -0.05) is 23.1 Å². The van der Waals surface area contributed by atoms with Gasteiger partial charge in [-0.15, -0.1) is 10.2 Å². The van der Waals surface area contributed by atoms with E-state index in [9.17, 15) is 13.6 Å². The average Bonchev–Trinajstić information content (AvgIpc) is 3.25. The lowest BCUT2D eigenvalue weighted by Crippen LogP contribution is -2.15. The second-order valence-electron chi connectivity index (χ2n) is 4.77. The number of aromatic nitrogens is 2. The number of nitrogens with one attached hydrogen (secondary N) is 2. The van der Waals surface area contributed by atoms with Crippen LogP contribution in [0.3, 0.4) is 0 Å². The van der Waals surface area contributed by atoms with Crippen LogP contribution < -0.4 is 10.6 Å². The minimum atomic E-state index is -0.821. The molecule has 3 rings (SSSR count). The molecule has 2 N–H and O–H groups in total. The summed E-state index contributed by atoms with van der Waals surface area (Å²) in [4.78, 5) is 11.8. The molecule has 0 unspecified atom stereocenters. The van der Waals surface area contributed by atoms with Gasteiger partial charge in [0.05, 0.1) is 24.2 Å². The zero-order valence-electron chi connectivity index (χ0n) is 12.7. The Morgan fingerprint density at radius 2 is 2.16 bits per heavy atom. The SMILES string of the molecule is O=C(CSc1nnc(NCc2ccco2)s1)Nc1ccc(F)cc1F. The largest absolute Gasteiger partial charge is 0.467 e. The van der Waals surface area contributed by atoms with E-state index in [1.54, 1.807) is 12.3 Å². The van der Waals surface area contributed by atoms with Crippen molar-refractivity contribution in [1.29, 1.82) is 0 Å². The molecular formula is C15H12F2N4O2S2. The van der Waals surface area contributed by atoms with E-state index in [1.165, 1.54) is 29.2 Å². The molecule has 0 aliphatic rings. The van der Waals surface area contributed by atoms with E-state index in [2.05, 4.69) is 20.8 Å². The van der Waals surface area contributed by atoms with Crippen LogP contribution in [0.15, 0.2) is 45.4 Å². The van der Waals surface area contributed by atoms with Crippen molar-refractivity contribution in [2.45, 2.75) is 10.9 Å². The van der Waals surface area contributed by atoms with Crippen molar-refractivity contribution in [3.63, 3.8) is 0 Å². The van der Waals surface area contributed by atoms with E-state index in [0.717, 1.165) is 11.8 Å². The molecule has 0 saturated carbocycles. The standard InChI is InChI=1S/C15H12F2N4O2S2/c16-9-3-4-12(11(17)6-9)19-13(22)8-24-15-21-20-14(25-15)18-7-10-2-1-5-23-10/h1-6H,7-8H2,(H,18,20)(H,19,22). The quantitative estimate of drug-likeness (QED) is 0.606. The third kappa shape index (κ3) is 5.00. The van der Waals surface area contributed by atoms with Crippen LogP contribution >= 0.6 is 23.1 Å². The third-order valence-electron chi connectivity index (χ3n) is 2.93. The van der Waals surface area contributed by atoms with E-state index >= 15 is 0 Å². The Morgan fingerprint density at radius 3 is 2.92 bits per heavy atom. The maximum Gasteiger partial charge on any atom is 0.234 e. The van der Waals surface area contributed by atoms with Gasteiger partial charge < -0.3 is 15.1 Å². The lowest BCUT2D eigenvalue weighted by atomic mass is 10.3. The van der Waals surface area contributed by atoms with Gasteiger partial charge in [-0.3, -0.25) is 4.79 Å². The van der Waals surface area contributed by atoms with Crippen LogP contribution in [0.4, 0.5) is 19.6 Å². The van der Waals surface area contributed by atoms with Crippen LogP contribution in [0, 0.1) is 11.6 Å². The highest BCUT2D eigenvalue weighted by Crippen LogP contribution is 2.26. The number of halogens is 2. The number of hydrogen-bond donors (Lipinski definition) is 2. The second-order valence-corrected chi connectivity index (χ2v) is 6.97. The van der Waals surface area contributed by atoms with Crippen molar-refractivity contribution in [2.24, 2.45) is 0 Å². The molecule has 0 bridgehead atoms. The van der Waals surface area contributed by atoms with Crippen molar-refractivity contribution in [3.8, 4) is 0 Å². The summed E-state index contributed by atoms with van der Waals surface area (Å²) in [5.41, 5.74) is -0.0648. The van der Waals surface area contributed by atoms with Gasteiger partial charge in [-0.05, 0) is 24.3 Å². The third-order valence-corrected chi connectivity index (χ3v) is 4.95. The molecule has 0 atom stereocenters. The molecule has 0 aliphatic carbocycles. The summed E-state index contributed by atoms with van der Waals surface area (Å²) in [6, 6.07) is 6.59. The molecule has 0 fully saturated rings. The molecule has 1 aromatic carbocycles. The first-order valence-corrected chi connectivity index (χ1v) is 8.88. The van der Waals surface area contributed by atoms with Crippen molar-refractivity contribution < 1.29 is 18.0 Å². The highest BCUT2D eigenvalue weighted by atomic mass is 32.2. The van der Waals surface area contributed by atoms with Crippen LogP contribution in [0.25, 0.3) is 0 Å². The lowest BCUT2D eigenvalue weighted by Gasteiger charge is -2.05. The minimum absolute atomic E-state index is 0.0314. The zero-order valence-corrected chi connectivity index (χ0v) is 14.3. The Hall–Kier alpha value is -2.46. The number of carbonyl (C=O) groups excluding carboxylic acids is 1. The number of hydrogen-bond acceptors (Lipinski definition) is 7. The minimum Gasteiger partial charge on any atom is -0.467 e. The van der Waals surface area contributed by atoms with Gasteiger partial charge in [-0.2, -0.15) is 0 Å². The van der Waals surface area contributed by atoms with Crippen LogP contribution in [-0.4, -0.2) is 21.9 Å². The number of amides is 1. The normalized spacial score (nSPS) is 10.6. The van der Waals surface area contributed by atoms with Crippen molar-refractivity contribution in [2.75, 3.05) is 16.4 Å². The van der Waals surface area contributed by atoms with Crippen LogP contribution in [-0.2, 0) is 11.3 Å². The first-order chi connectivity index (χ1) is 12.1. The van der Waals surface area contributed by atoms with Gasteiger partial charge in [0.25, 0.3) is 0 Å². The van der Waals surface area contributed by atoms with E-state index in [4.69, 9.17) is 4.42 Å². The first kappa shape index (κ1) is 17.4. The Balaban J connectivity index is 1.47. The number of furan rings is 1. The number of thioether (sulfide) groups is 1. The molecule has 6 nitrogen and oxygen atoms in total. The smallest absolute Gasteiger partial charge is 0.234 e. The predicted octanol–water partition coefficient (Wildman–Crippen LogP) is 3.75. The summed E-state index contributed by atoms with van der Waals surface area (Å²) in [5, 5.41) is 14.0. The maximum absolute atomic E-state index is 13.5. The molecule has 2 aromatic heterocycles. The molecule has 0 spiro atoms. The maximum atomic E-state index is 13.5. The van der Waals surface area contributed by atoms with Gasteiger partial charge in [0.1, 0.15) is 17.4 Å². The van der Waals surface area contributed by atoms with E-state index in [1.807, 2.05) is 6.07 Å². The van der Waals surface area contributed by atoms with E-state index in [-0.39, 0.29) is 11.4 Å². The molecule has 0 saturated heterocycles. The van der Waals surface area contributed by atoms with Gasteiger partial charge in [0, 0.05) is 6.07 Å². The topological polar surface area (TPSA) is 80.1 Å². The summed E-state index contributed by atoms with van der Waals surface area (Å²) in [6.45, 7) is 0.483. The molecular weight excluding hydrogens is 370 g/mol. The molecule has 10 heteroatoms. The Kier molecular flexibility index (Phi) is 5.61. The fourth-order valence-corrected chi connectivity index (χ4v) is 3.37. The fraction of sp³-hybridized carbons (Fsp3) is 0.133. The average molecular weight is 382 g/mol. The molecule has 1 amide bonds. The van der Waals surface area contributed by atoms with Crippen molar-refractivity contribution in [3.05, 3.63) is 54.0 Å². The van der Waals surface area contributed by atoms with Crippen LogP contribution in [0.5, 0.6) is 0 Å². The number of benzene rings is 1. The van der Waals surface area contributed by atoms with Gasteiger partial charge in [0.2, 0.25) is 11.0 Å². The predicted molar refractivity (Wildman–Crippen MR) is 91.7 cm³/mol. The Labute approximate surface area is 149 Å². The lowest BCUT2D eigenvalue weighted by molar-refractivity contribution is -0.113. The summed E-state index contributed by atoms with van der Waals surface area (Å²) in [6.07, 6.45) is 1.58. The number of rotatable bonds is 7. The van der Waals surface area contributed by atoms with E-state index in [0.29, 0.717) is 22.1 Å². The zero-order chi connectivity index (χ0) is 17.6. The summed E-state index contributed by atoms with van der Waals surface area (Å²) in [5.74, 6) is -1.14. The first-order valence-electron chi connectivity index (χ1n) is 7.07. The highest BCUT2D eigenvalue weighted by Gasteiger charge is 2.11. The summed E-state index contributed by atoms with van der Waals surface area (Å²) < 4.78 is 32.1. The molecule has 0 aliphatic heterocycles. The molecule has 0 radical (unpaired) electrons. The fourth-order valence-electron chi connectivity index (χ4n) is 1.82. The monoisotopic (exact) mass is 382 g/mol. The van der Waals surface area contributed by atoms with Gasteiger partial charge in [0.15, 0.2) is 4.34 Å².